The molecule has 0 N–H and O–H groups in total. The van der Waals surface area contributed by atoms with Gasteiger partial charge in [-0.2, -0.15) is 0 Å². The van der Waals surface area contributed by atoms with E-state index in [2.05, 4.69) is 0 Å². The summed E-state index contributed by atoms with van der Waals surface area (Å²) in [6, 6.07) is 4.59. The van der Waals surface area contributed by atoms with Crippen LogP contribution in [0.25, 0.3) is 0 Å². The minimum atomic E-state index is -0.588. The first kappa shape index (κ1) is 11.6. The number of hydrogen-bond acceptors (Lipinski definition) is 3. The van der Waals surface area contributed by atoms with E-state index in [-0.39, 0.29) is 12.4 Å². The normalized spacial score (nSPS) is 20.1. The second-order valence-corrected chi connectivity index (χ2v) is 4.42. The van der Waals surface area contributed by atoms with Gasteiger partial charge in [0.2, 0.25) is 6.29 Å². The van der Waals surface area contributed by atoms with E-state index < -0.39 is 12.4 Å². The lowest BCUT2D eigenvalue weighted by Crippen LogP contribution is -2.24. The first-order chi connectivity index (χ1) is 7.61. The van der Waals surface area contributed by atoms with E-state index in [1.807, 2.05) is 22.6 Å². The third kappa shape index (κ3) is 2.12. The second-order valence-electron chi connectivity index (χ2n) is 3.26. The molecular formula is C10H9FINO3. The van der Waals surface area contributed by atoms with Gasteiger partial charge in [0, 0.05) is 10.7 Å². The standard InChI is InChI=1S/C10H9FINO3/c1-15-9-5-13(10(14)16-9)6-2-3-8(12)7(11)4-6/h2-4,9H,5H2,1H3. The fourth-order valence-corrected chi connectivity index (χ4v) is 1.76. The van der Waals surface area contributed by atoms with E-state index in [1.54, 1.807) is 12.1 Å². The second kappa shape index (κ2) is 4.54. The predicted octanol–water partition coefficient (Wildman–Crippen LogP) is 2.36. The summed E-state index contributed by atoms with van der Waals surface area (Å²) in [5.41, 5.74) is 0.475. The van der Waals surface area contributed by atoms with Crippen LogP contribution in [0.5, 0.6) is 0 Å². The summed E-state index contributed by atoms with van der Waals surface area (Å²) in [6.07, 6.45) is -1.11. The average Bonchev–Trinajstić information content (AvgIpc) is 2.64. The van der Waals surface area contributed by atoms with Crippen molar-refractivity contribution in [1.82, 2.24) is 0 Å². The Balaban J connectivity index is 2.24. The number of nitrogens with zero attached hydrogens (tertiary/aromatic N) is 1. The molecule has 1 heterocycles. The van der Waals surface area contributed by atoms with Gasteiger partial charge in [-0.3, -0.25) is 4.90 Å². The first-order valence-corrected chi connectivity index (χ1v) is 5.65. The number of amides is 1. The topological polar surface area (TPSA) is 38.8 Å². The number of carbonyl (C=O) groups excluding carboxylic acids is 1. The number of ether oxygens (including phenoxy) is 2. The zero-order valence-corrected chi connectivity index (χ0v) is 10.6. The highest BCUT2D eigenvalue weighted by Crippen LogP contribution is 2.24. The number of methoxy groups -OCH3 is 1. The molecule has 0 bridgehead atoms. The van der Waals surface area contributed by atoms with Gasteiger partial charge < -0.3 is 9.47 Å². The Morgan fingerprint density at radius 3 is 2.94 bits per heavy atom. The molecule has 0 saturated carbocycles. The van der Waals surface area contributed by atoms with E-state index in [0.29, 0.717) is 9.26 Å². The van der Waals surface area contributed by atoms with Gasteiger partial charge in [0.15, 0.2) is 0 Å². The maximum Gasteiger partial charge on any atom is 0.416 e. The number of benzene rings is 1. The molecule has 16 heavy (non-hydrogen) atoms. The molecule has 1 fully saturated rings. The van der Waals surface area contributed by atoms with Crippen molar-refractivity contribution < 1.29 is 18.7 Å². The van der Waals surface area contributed by atoms with Crippen molar-refractivity contribution in [1.29, 1.82) is 0 Å². The predicted molar refractivity (Wildman–Crippen MR) is 63.7 cm³/mol. The van der Waals surface area contributed by atoms with Gasteiger partial charge in [-0.15, -0.1) is 0 Å². The number of rotatable bonds is 2. The van der Waals surface area contributed by atoms with Crippen molar-refractivity contribution in [2.24, 2.45) is 0 Å². The van der Waals surface area contributed by atoms with E-state index in [4.69, 9.17) is 9.47 Å². The molecule has 1 saturated heterocycles. The zero-order valence-electron chi connectivity index (χ0n) is 8.44. The highest BCUT2D eigenvalue weighted by atomic mass is 127. The average molecular weight is 337 g/mol. The molecule has 1 unspecified atom stereocenters. The van der Waals surface area contributed by atoms with Crippen molar-refractivity contribution in [2.45, 2.75) is 6.29 Å². The largest absolute Gasteiger partial charge is 0.417 e. The Morgan fingerprint density at radius 1 is 1.62 bits per heavy atom. The van der Waals surface area contributed by atoms with Gasteiger partial charge in [-0.25, -0.2) is 9.18 Å². The van der Waals surface area contributed by atoms with Crippen LogP contribution in [0.1, 0.15) is 0 Å². The lowest BCUT2D eigenvalue weighted by atomic mass is 10.3. The fraction of sp³-hybridized carbons (Fsp3) is 0.300. The Morgan fingerprint density at radius 2 is 2.38 bits per heavy atom. The molecule has 1 aromatic rings. The summed E-state index contributed by atoms with van der Waals surface area (Å²) < 4.78 is 23.6. The van der Waals surface area contributed by atoms with Crippen molar-refractivity contribution in [3.05, 3.63) is 27.6 Å². The molecule has 1 aliphatic rings. The minimum Gasteiger partial charge on any atom is -0.417 e. The van der Waals surface area contributed by atoms with Crippen LogP contribution >= 0.6 is 22.6 Å². The third-order valence-electron chi connectivity index (χ3n) is 2.26. The SMILES string of the molecule is COC1CN(c2ccc(I)c(F)c2)C(=O)O1. The van der Waals surface area contributed by atoms with Gasteiger partial charge in [0.1, 0.15) is 5.82 Å². The lowest BCUT2D eigenvalue weighted by Gasteiger charge is -2.12. The minimum absolute atomic E-state index is 0.273. The zero-order chi connectivity index (χ0) is 11.7. The lowest BCUT2D eigenvalue weighted by molar-refractivity contribution is -0.0488. The first-order valence-electron chi connectivity index (χ1n) is 4.58. The molecule has 0 aromatic heterocycles. The van der Waals surface area contributed by atoms with Crippen LogP contribution in [-0.2, 0) is 9.47 Å². The highest BCUT2D eigenvalue weighted by molar-refractivity contribution is 14.1. The van der Waals surface area contributed by atoms with Crippen molar-refractivity contribution in [2.75, 3.05) is 18.6 Å². The Labute approximate surface area is 105 Å². The molecule has 0 aliphatic carbocycles. The molecule has 2 rings (SSSR count). The van der Waals surface area contributed by atoms with Crippen LogP contribution in [0, 0.1) is 9.39 Å². The maximum atomic E-state index is 13.3. The van der Waals surface area contributed by atoms with Gasteiger partial charge >= 0.3 is 6.09 Å². The summed E-state index contributed by atoms with van der Waals surface area (Å²) in [4.78, 5) is 12.8. The molecule has 86 valence electrons. The Bertz CT molecular complexity index is 427. The Hall–Kier alpha value is -0.890. The number of hydrogen-bond donors (Lipinski definition) is 0. The van der Waals surface area contributed by atoms with Crippen LogP contribution in [0.15, 0.2) is 18.2 Å². The van der Waals surface area contributed by atoms with Gasteiger partial charge in [-0.1, -0.05) is 0 Å². The molecule has 1 atom stereocenters. The quantitative estimate of drug-likeness (QED) is 0.778. The van der Waals surface area contributed by atoms with Crippen LogP contribution in [0.3, 0.4) is 0 Å². The van der Waals surface area contributed by atoms with Gasteiger partial charge in [0.05, 0.1) is 12.2 Å². The van der Waals surface area contributed by atoms with Crippen molar-refractivity contribution in [3.63, 3.8) is 0 Å². The fourth-order valence-electron chi connectivity index (χ4n) is 1.42. The molecular weight excluding hydrogens is 328 g/mol. The number of cyclic esters (lactones) is 1. The molecule has 0 spiro atoms. The van der Waals surface area contributed by atoms with E-state index in [0.717, 1.165) is 0 Å². The molecule has 6 heteroatoms. The van der Waals surface area contributed by atoms with E-state index in [1.165, 1.54) is 18.1 Å². The number of halogens is 2. The van der Waals surface area contributed by atoms with Crippen LogP contribution < -0.4 is 4.90 Å². The maximum absolute atomic E-state index is 13.3. The monoisotopic (exact) mass is 337 g/mol. The van der Waals surface area contributed by atoms with Crippen LogP contribution in [0.2, 0.25) is 0 Å². The Kier molecular flexibility index (Phi) is 3.29. The number of carbonyl (C=O) groups is 1. The number of anilines is 1. The molecule has 0 radical (unpaired) electrons. The van der Waals surface area contributed by atoms with E-state index in [9.17, 15) is 9.18 Å². The van der Waals surface area contributed by atoms with Gasteiger partial charge in [0.25, 0.3) is 0 Å². The summed E-state index contributed by atoms with van der Waals surface area (Å²) >= 11 is 1.89. The van der Waals surface area contributed by atoms with Crippen LogP contribution in [0.4, 0.5) is 14.9 Å². The smallest absolute Gasteiger partial charge is 0.416 e. The molecule has 1 aliphatic heterocycles. The third-order valence-corrected chi connectivity index (χ3v) is 3.14. The van der Waals surface area contributed by atoms with Crippen molar-refractivity contribution >= 4 is 34.4 Å². The highest BCUT2D eigenvalue weighted by Gasteiger charge is 2.32. The summed E-state index contributed by atoms with van der Waals surface area (Å²) in [5, 5.41) is 0. The van der Waals surface area contributed by atoms with Crippen molar-refractivity contribution in [3.8, 4) is 0 Å². The molecule has 1 aromatic carbocycles. The summed E-state index contributed by atoms with van der Waals surface area (Å²) in [6.45, 7) is 0.273. The summed E-state index contributed by atoms with van der Waals surface area (Å²) in [5.74, 6) is -0.355. The molecule has 1 amide bonds. The van der Waals surface area contributed by atoms with E-state index >= 15 is 0 Å². The molecule has 4 nitrogen and oxygen atoms in total. The van der Waals surface area contributed by atoms with Crippen LogP contribution in [-0.4, -0.2) is 26.0 Å². The summed E-state index contributed by atoms with van der Waals surface area (Å²) in [7, 11) is 1.45. The van der Waals surface area contributed by atoms with Gasteiger partial charge in [-0.05, 0) is 40.8 Å².